The average Bonchev–Trinajstić information content (AvgIpc) is 2.69. The Morgan fingerprint density at radius 1 is 1.13 bits per heavy atom. The monoisotopic (exact) mass is 540 g/mol. The molecule has 168 valence electrons. The molecule has 1 fully saturated rings. The molecule has 2 aromatic carbocycles. The molecule has 31 heavy (non-hydrogen) atoms. The van der Waals surface area contributed by atoms with E-state index in [1.807, 2.05) is 0 Å². The molecule has 0 radical (unpaired) electrons. The standard InChI is InChI=1S/C19H18BrClF3N3O3S/c20-13-1-4-15(5-2-13)31(29,30)27-9-7-26(8-10-27)12-18(28)25-14-3-6-17(21)16(11-14)19(22,23)24/h1-6,11H,7-10,12H2,(H,25,28)/p+1. The van der Waals surface area contributed by atoms with E-state index < -0.39 is 32.7 Å². The first-order valence-corrected chi connectivity index (χ1v) is 11.8. The fourth-order valence-corrected chi connectivity index (χ4v) is 5.16. The van der Waals surface area contributed by atoms with Gasteiger partial charge in [0.1, 0.15) is 0 Å². The zero-order valence-corrected chi connectivity index (χ0v) is 19.2. The van der Waals surface area contributed by atoms with E-state index in [-0.39, 0.29) is 30.2 Å². The molecule has 1 aliphatic heterocycles. The van der Waals surface area contributed by atoms with Crippen molar-refractivity contribution in [2.75, 3.05) is 38.0 Å². The zero-order valence-electron chi connectivity index (χ0n) is 16.0. The number of hydrogen-bond donors (Lipinski definition) is 2. The van der Waals surface area contributed by atoms with Gasteiger partial charge in [-0.15, -0.1) is 0 Å². The topological polar surface area (TPSA) is 70.9 Å². The van der Waals surface area contributed by atoms with Gasteiger partial charge in [0.25, 0.3) is 5.91 Å². The number of quaternary nitrogens is 1. The number of sulfonamides is 1. The summed E-state index contributed by atoms with van der Waals surface area (Å²) in [5, 5.41) is 2.00. The second-order valence-electron chi connectivity index (χ2n) is 7.03. The van der Waals surface area contributed by atoms with Crippen LogP contribution in [0.3, 0.4) is 0 Å². The van der Waals surface area contributed by atoms with Gasteiger partial charge in [0.05, 0.1) is 41.7 Å². The Morgan fingerprint density at radius 3 is 2.32 bits per heavy atom. The van der Waals surface area contributed by atoms with Crippen molar-refractivity contribution in [1.29, 1.82) is 0 Å². The van der Waals surface area contributed by atoms with Gasteiger partial charge in [-0.3, -0.25) is 4.79 Å². The van der Waals surface area contributed by atoms with Gasteiger partial charge in [-0.25, -0.2) is 8.42 Å². The van der Waals surface area contributed by atoms with Crippen LogP contribution in [0.5, 0.6) is 0 Å². The van der Waals surface area contributed by atoms with E-state index in [1.165, 1.54) is 22.5 Å². The molecule has 2 aromatic rings. The van der Waals surface area contributed by atoms with Gasteiger partial charge < -0.3 is 10.2 Å². The molecule has 0 unspecified atom stereocenters. The summed E-state index contributed by atoms with van der Waals surface area (Å²) < 4.78 is 66.5. The molecule has 1 heterocycles. The molecule has 1 saturated heterocycles. The van der Waals surface area contributed by atoms with E-state index in [2.05, 4.69) is 21.2 Å². The number of nitrogens with one attached hydrogen (secondary N) is 2. The molecular weight excluding hydrogens is 523 g/mol. The fourth-order valence-electron chi connectivity index (χ4n) is 3.23. The Kier molecular flexibility index (Phi) is 7.32. The van der Waals surface area contributed by atoms with Crippen molar-refractivity contribution in [3.05, 3.63) is 57.5 Å². The number of anilines is 1. The van der Waals surface area contributed by atoms with Crippen molar-refractivity contribution in [3.8, 4) is 0 Å². The molecule has 0 spiro atoms. The maximum absolute atomic E-state index is 13.0. The summed E-state index contributed by atoms with van der Waals surface area (Å²) in [6.07, 6.45) is -4.63. The number of alkyl halides is 3. The summed E-state index contributed by atoms with van der Waals surface area (Å²) in [5.74, 6) is -0.463. The van der Waals surface area contributed by atoms with E-state index >= 15 is 0 Å². The van der Waals surface area contributed by atoms with Crippen molar-refractivity contribution in [3.63, 3.8) is 0 Å². The van der Waals surface area contributed by atoms with E-state index in [0.717, 1.165) is 21.5 Å². The maximum atomic E-state index is 13.0. The molecule has 0 aliphatic carbocycles. The lowest BCUT2D eigenvalue weighted by atomic mass is 10.2. The molecule has 1 amide bonds. The molecular formula is C19H19BrClF3N3O3S+. The van der Waals surface area contributed by atoms with E-state index in [0.29, 0.717) is 13.1 Å². The van der Waals surface area contributed by atoms with E-state index in [4.69, 9.17) is 11.6 Å². The van der Waals surface area contributed by atoms with Crippen LogP contribution in [-0.4, -0.2) is 51.4 Å². The molecule has 1 aliphatic rings. The first-order chi connectivity index (χ1) is 14.5. The second kappa shape index (κ2) is 9.45. The van der Waals surface area contributed by atoms with E-state index in [9.17, 15) is 26.4 Å². The molecule has 2 N–H and O–H groups in total. The lowest BCUT2D eigenvalue weighted by molar-refractivity contribution is -0.895. The van der Waals surface area contributed by atoms with Crippen LogP contribution in [0.1, 0.15) is 5.56 Å². The third kappa shape index (κ3) is 5.98. The molecule has 0 saturated carbocycles. The smallest absolute Gasteiger partial charge is 0.325 e. The van der Waals surface area contributed by atoms with Crippen molar-refractivity contribution < 1.29 is 31.3 Å². The number of nitrogens with zero attached hydrogens (tertiary/aromatic N) is 1. The fraction of sp³-hybridized carbons (Fsp3) is 0.316. The number of amides is 1. The van der Waals surface area contributed by atoms with Gasteiger partial charge in [0.2, 0.25) is 10.0 Å². The normalized spacial score (nSPS) is 16.3. The highest BCUT2D eigenvalue weighted by Gasteiger charge is 2.34. The van der Waals surface area contributed by atoms with Crippen molar-refractivity contribution in [2.24, 2.45) is 0 Å². The van der Waals surface area contributed by atoms with Gasteiger partial charge in [-0.05, 0) is 42.5 Å². The van der Waals surface area contributed by atoms with Crippen LogP contribution in [-0.2, 0) is 21.0 Å². The minimum atomic E-state index is -4.63. The van der Waals surface area contributed by atoms with Gasteiger partial charge in [0, 0.05) is 10.2 Å². The zero-order chi connectivity index (χ0) is 22.8. The van der Waals surface area contributed by atoms with Gasteiger partial charge in [0.15, 0.2) is 6.54 Å². The average molecular weight is 542 g/mol. The van der Waals surface area contributed by atoms with Crippen molar-refractivity contribution in [1.82, 2.24) is 4.31 Å². The quantitative estimate of drug-likeness (QED) is 0.612. The Morgan fingerprint density at radius 2 is 1.74 bits per heavy atom. The highest BCUT2D eigenvalue weighted by molar-refractivity contribution is 9.10. The van der Waals surface area contributed by atoms with E-state index in [1.54, 1.807) is 12.1 Å². The largest absolute Gasteiger partial charge is 0.417 e. The highest BCUT2D eigenvalue weighted by Crippen LogP contribution is 2.36. The van der Waals surface area contributed by atoms with Gasteiger partial charge in [-0.1, -0.05) is 27.5 Å². The Bertz CT molecular complexity index is 1060. The summed E-state index contributed by atoms with van der Waals surface area (Å²) in [6, 6.07) is 9.52. The summed E-state index contributed by atoms with van der Waals surface area (Å²) in [4.78, 5) is 13.3. The third-order valence-corrected chi connectivity index (χ3v) is 7.62. The molecule has 0 bridgehead atoms. The molecule has 0 atom stereocenters. The number of carbonyl (C=O) groups excluding carboxylic acids is 1. The summed E-state index contributed by atoms with van der Waals surface area (Å²) >= 11 is 8.85. The number of benzene rings is 2. The first-order valence-electron chi connectivity index (χ1n) is 9.23. The van der Waals surface area contributed by atoms with Crippen LogP contribution >= 0.6 is 27.5 Å². The Hall–Kier alpha value is -1.66. The predicted molar refractivity (Wildman–Crippen MR) is 114 cm³/mol. The summed E-state index contributed by atoms with van der Waals surface area (Å²) in [7, 11) is -3.62. The number of carbonyl (C=O) groups is 1. The van der Waals surface area contributed by atoms with Crippen molar-refractivity contribution in [2.45, 2.75) is 11.1 Å². The number of hydrogen-bond acceptors (Lipinski definition) is 3. The predicted octanol–water partition coefficient (Wildman–Crippen LogP) is 2.65. The van der Waals surface area contributed by atoms with Gasteiger partial charge >= 0.3 is 6.18 Å². The number of rotatable bonds is 5. The molecule has 3 rings (SSSR count). The highest BCUT2D eigenvalue weighted by atomic mass is 79.9. The molecule has 6 nitrogen and oxygen atoms in total. The van der Waals surface area contributed by atoms with Crippen LogP contribution < -0.4 is 10.2 Å². The van der Waals surface area contributed by atoms with Gasteiger partial charge in [-0.2, -0.15) is 17.5 Å². The van der Waals surface area contributed by atoms with Crippen molar-refractivity contribution >= 4 is 49.1 Å². The number of piperazine rings is 1. The third-order valence-electron chi connectivity index (χ3n) is 4.85. The van der Waals surface area contributed by atoms with Crippen LogP contribution in [0.2, 0.25) is 5.02 Å². The maximum Gasteiger partial charge on any atom is 0.417 e. The van der Waals surface area contributed by atoms with Crippen LogP contribution in [0.4, 0.5) is 18.9 Å². The SMILES string of the molecule is O=C(C[NH+]1CCN(S(=O)(=O)c2ccc(Br)cc2)CC1)Nc1ccc(Cl)c(C(F)(F)F)c1. The first kappa shape index (κ1) is 24.0. The minimum Gasteiger partial charge on any atom is -0.325 e. The second-order valence-corrected chi connectivity index (χ2v) is 10.3. The Labute approximate surface area is 191 Å². The lowest BCUT2D eigenvalue weighted by Gasteiger charge is -2.31. The summed E-state index contributed by atoms with van der Waals surface area (Å²) in [5.41, 5.74) is -1.02. The number of halogens is 5. The summed E-state index contributed by atoms with van der Waals surface area (Å²) in [6.45, 7) is 1.28. The molecule has 12 heteroatoms. The lowest BCUT2D eigenvalue weighted by Crippen LogP contribution is -3.15. The Balaban J connectivity index is 1.56. The van der Waals surface area contributed by atoms with Crippen LogP contribution in [0.15, 0.2) is 51.8 Å². The van der Waals surface area contributed by atoms with Crippen LogP contribution in [0, 0.1) is 0 Å². The van der Waals surface area contributed by atoms with Crippen LogP contribution in [0.25, 0.3) is 0 Å². The minimum absolute atomic E-state index is 0.00224. The molecule has 0 aromatic heterocycles.